The molecule has 2 heterocycles. The first-order chi connectivity index (χ1) is 13.8. The summed E-state index contributed by atoms with van der Waals surface area (Å²) in [7, 11) is 0. The van der Waals surface area contributed by atoms with Crippen molar-refractivity contribution < 1.29 is 14.3 Å². The average Bonchev–Trinajstić information content (AvgIpc) is 3.41. The minimum atomic E-state index is 0.00185. The Morgan fingerprint density at radius 3 is 2.71 bits per heavy atom. The maximum atomic E-state index is 12.9. The van der Waals surface area contributed by atoms with E-state index in [0.717, 1.165) is 17.7 Å². The van der Waals surface area contributed by atoms with Crippen molar-refractivity contribution in [2.45, 2.75) is 13.0 Å². The number of carbonyl (C=O) groups is 1. The monoisotopic (exact) mass is 391 g/mol. The second-order valence-electron chi connectivity index (χ2n) is 6.52. The second kappa shape index (κ2) is 8.76. The number of fused-ring (bicyclic) bond motifs is 1. The molecule has 28 heavy (non-hydrogen) atoms. The van der Waals surface area contributed by atoms with Crippen molar-refractivity contribution in [3.05, 3.63) is 88.1 Å². The summed E-state index contributed by atoms with van der Waals surface area (Å²) in [5, 5.41) is 2.04. The molecule has 4 rings (SSSR count). The van der Waals surface area contributed by atoms with E-state index in [4.69, 9.17) is 9.47 Å². The van der Waals surface area contributed by atoms with Gasteiger partial charge in [0.1, 0.15) is 0 Å². The molecule has 0 fully saturated rings. The second-order valence-corrected chi connectivity index (χ2v) is 7.55. The molecule has 142 valence electrons. The third-order valence-electron chi connectivity index (χ3n) is 4.57. The highest BCUT2D eigenvalue weighted by atomic mass is 32.1. The average molecular weight is 391 g/mol. The van der Waals surface area contributed by atoms with Gasteiger partial charge in [-0.15, -0.1) is 11.3 Å². The van der Waals surface area contributed by atoms with Gasteiger partial charge in [0.15, 0.2) is 11.5 Å². The van der Waals surface area contributed by atoms with Gasteiger partial charge < -0.3 is 14.4 Å². The van der Waals surface area contributed by atoms with Crippen molar-refractivity contribution in [1.82, 2.24) is 4.90 Å². The van der Waals surface area contributed by atoms with Gasteiger partial charge in [-0.3, -0.25) is 4.79 Å². The molecule has 1 amide bonds. The normalized spacial score (nSPS) is 12.4. The standard InChI is InChI=1S/C23H21NO3S/c25-23(11-9-19-8-10-21-22(15-19)27-17-26-21)24(16-20-7-4-14-28-20)13-12-18-5-2-1-3-6-18/h1-11,14-15H,12-13,16-17H2. The Labute approximate surface area is 168 Å². The zero-order valence-corrected chi connectivity index (χ0v) is 16.2. The van der Waals surface area contributed by atoms with Crippen molar-refractivity contribution in [1.29, 1.82) is 0 Å². The van der Waals surface area contributed by atoms with Crippen molar-refractivity contribution in [2.75, 3.05) is 13.3 Å². The van der Waals surface area contributed by atoms with Crippen LogP contribution in [0.4, 0.5) is 0 Å². The fourth-order valence-corrected chi connectivity index (χ4v) is 3.78. The molecule has 1 aliphatic rings. The minimum Gasteiger partial charge on any atom is -0.454 e. The van der Waals surface area contributed by atoms with E-state index in [9.17, 15) is 4.79 Å². The van der Waals surface area contributed by atoms with Crippen LogP contribution < -0.4 is 9.47 Å². The van der Waals surface area contributed by atoms with E-state index in [2.05, 4.69) is 18.2 Å². The fraction of sp³-hybridized carbons (Fsp3) is 0.174. The molecule has 3 aromatic rings. The maximum absolute atomic E-state index is 12.9. The number of benzene rings is 2. The van der Waals surface area contributed by atoms with Gasteiger partial charge in [0, 0.05) is 17.5 Å². The molecule has 0 unspecified atom stereocenters. The Balaban J connectivity index is 1.45. The topological polar surface area (TPSA) is 38.8 Å². The Bertz CT molecular complexity index is 951. The summed E-state index contributed by atoms with van der Waals surface area (Å²) >= 11 is 1.67. The molecule has 4 nitrogen and oxygen atoms in total. The van der Waals surface area contributed by atoms with Gasteiger partial charge in [0.2, 0.25) is 12.7 Å². The third kappa shape index (κ3) is 4.61. The first-order valence-electron chi connectivity index (χ1n) is 9.21. The first-order valence-corrected chi connectivity index (χ1v) is 10.1. The number of ether oxygens (including phenoxy) is 2. The van der Waals surface area contributed by atoms with Gasteiger partial charge >= 0.3 is 0 Å². The van der Waals surface area contributed by atoms with Crippen molar-refractivity contribution >= 4 is 23.3 Å². The van der Waals surface area contributed by atoms with E-state index in [1.54, 1.807) is 17.4 Å². The Hall–Kier alpha value is -3.05. The predicted octanol–water partition coefficient (Wildman–Crippen LogP) is 4.76. The van der Waals surface area contributed by atoms with Crippen molar-refractivity contribution in [2.24, 2.45) is 0 Å². The molecule has 5 heteroatoms. The zero-order valence-electron chi connectivity index (χ0n) is 15.4. The highest BCUT2D eigenvalue weighted by Gasteiger charge is 2.14. The number of amides is 1. The molecule has 0 radical (unpaired) electrons. The Kier molecular flexibility index (Phi) is 5.73. The molecule has 2 aromatic carbocycles. The largest absolute Gasteiger partial charge is 0.454 e. The van der Waals surface area contributed by atoms with Crippen LogP contribution in [0.3, 0.4) is 0 Å². The Morgan fingerprint density at radius 2 is 1.89 bits per heavy atom. The summed E-state index contributed by atoms with van der Waals surface area (Å²) in [6.45, 7) is 1.54. The fourth-order valence-electron chi connectivity index (χ4n) is 3.06. The summed E-state index contributed by atoms with van der Waals surface area (Å²) in [5.41, 5.74) is 2.14. The molecular weight excluding hydrogens is 370 g/mol. The molecule has 0 atom stereocenters. The first kappa shape index (κ1) is 18.3. The summed E-state index contributed by atoms with van der Waals surface area (Å²) < 4.78 is 10.7. The van der Waals surface area contributed by atoms with Gasteiger partial charge in [-0.25, -0.2) is 0 Å². The van der Waals surface area contributed by atoms with Gasteiger partial charge in [-0.1, -0.05) is 42.5 Å². The maximum Gasteiger partial charge on any atom is 0.246 e. The van der Waals surface area contributed by atoms with Gasteiger partial charge in [-0.05, 0) is 47.2 Å². The number of nitrogens with zero attached hydrogens (tertiary/aromatic N) is 1. The number of thiophene rings is 1. The van der Waals surface area contributed by atoms with E-state index < -0.39 is 0 Å². The molecule has 0 N–H and O–H groups in total. The molecule has 0 saturated carbocycles. The SMILES string of the molecule is O=C(C=Cc1ccc2c(c1)OCO2)N(CCc1ccccc1)Cc1cccs1. The highest BCUT2D eigenvalue weighted by molar-refractivity contribution is 7.09. The van der Waals surface area contributed by atoms with Crippen LogP contribution in [0.5, 0.6) is 11.5 Å². The summed E-state index contributed by atoms with van der Waals surface area (Å²) in [6.07, 6.45) is 4.29. The van der Waals surface area contributed by atoms with Crippen LogP contribution in [-0.4, -0.2) is 24.1 Å². The summed E-state index contributed by atoms with van der Waals surface area (Å²) in [5.74, 6) is 1.46. The highest BCUT2D eigenvalue weighted by Crippen LogP contribution is 2.32. The van der Waals surface area contributed by atoms with E-state index in [0.29, 0.717) is 18.8 Å². The van der Waals surface area contributed by atoms with Crippen LogP contribution in [0.2, 0.25) is 0 Å². The Morgan fingerprint density at radius 1 is 1.04 bits per heavy atom. The van der Waals surface area contributed by atoms with E-state index in [1.165, 1.54) is 10.4 Å². The molecule has 0 spiro atoms. The van der Waals surface area contributed by atoms with Crippen LogP contribution in [0, 0.1) is 0 Å². The van der Waals surface area contributed by atoms with Crippen LogP contribution in [-0.2, 0) is 17.8 Å². The van der Waals surface area contributed by atoms with E-state index in [-0.39, 0.29) is 12.7 Å². The number of hydrogen-bond acceptors (Lipinski definition) is 4. The van der Waals surface area contributed by atoms with Crippen molar-refractivity contribution in [3.8, 4) is 11.5 Å². The predicted molar refractivity (Wildman–Crippen MR) is 111 cm³/mol. The molecule has 0 bridgehead atoms. The van der Waals surface area contributed by atoms with Crippen LogP contribution in [0.1, 0.15) is 16.0 Å². The smallest absolute Gasteiger partial charge is 0.246 e. The summed E-state index contributed by atoms with van der Waals surface area (Å²) in [4.78, 5) is 16.0. The van der Waals surface area contributed by atoms with Gasteiger partial charge in [0.25, 0.3) is 0 Å². The van der Waals surface area contributed by atoms with Crippen molar-refractivity contribution in [3.63, 3.8) is 0 Å². The minimum absolute atomic E-state index is 0.00185. The quantitative estimate of drug-likeness (QED) is 0.545. The van der Waals surface area contributed by atoms with Crippen LogP contribution in [0.15, 0.2) is 72.1 Å². The lowest BCUT2D eigenvalue weighted by Crippen LogP contribution is -2.30. The van der Waals surface area contributed by atoms with Crippen LogP contribution >= 0.6 is 11.3 Å². The number of hydrogen-bond donors (Lipinski definition) is 0. The lowest BCUT2D eigenvalue weighted by atomic mass is 10.1. The zero-order chi connectivity index (χ0) is 19.2. The van der Waals surface area contributed by atoms with Crippen LogP contribution in [0.25, 0.3) is 6.08 Å². The number of carbonyl (C=O) groups excluding carboxylic acids is 1. The van der Waals surface area contributed by atoms with E-state index >= 15 is 0 Å². The molecule has 0 saturated heterocycles. The molecule has 1 aromatic heterocycles. The lowest BCUT2D eigenvalue weighted by molar-refractivity contribution is -0.126. The van der Waals surface area contributed by atoms with E-state index in [1.807, 2.05) is 58.8 Å². The third-order valence-corrected chi connectivity index (χ3v) is 5.43. The van der Waals surface area contributed by atoms with Gasteiger partial charge in [-0.2, -0.15) is 0 Å². The molecular formula is C23H21NO3S. The molecule has 1 aliphatic heterocycles. The lowest BCUT2D eigenvalue weighted by Gasteiger charge is -2.20. The number of rotatable bonds is 7. The van der Waals surface area contributed by atoms with Gasteiger partial charge in [0.05, 0.1) is 6.54 Å². The molecule has 0 aliphatic carbocycles. The summed E-state index contributed by atoms with van der Waals surface area (Å²) in [6, 6.07) is 20.0.